The minimum Gasteiger partial charge on any atom is -0.376 e. The van der Waals surface area contributed by atoms with Crippen LogP contribution < -0.4 is 5.32 Å². The lowest BCUT2D eigenvalue weighted by atomic mass is 10.0. The number of anilines is 1. The van der Waals surface area contributed by atoms with E-state index in [1.807, 2.05) is 0 Å². The molecule has 1 N–H and O–H groups in total. The molecule has 1 aromatic rings. The van der Waals surface area contributed by atoms with Gasteiger partial charge in [-0.1, -0.05) is 13.3 Å². The maximum absolute atomic E-state index is 5.85. The van der Waals surface area contributed by atoms with E-state index in [2.05, 4.69) is 23.0 Å². The van der Waals surface area contributed by atoms with Crippen LogP contribution in [0.1, 0.15) is 50.8 Å². The van der Waals surface area contributed by atoms with Crippen LogP contribution in [-0.2, 0) is 11.2 Å². The Hall–Kier alpha value is -1.03. The summed E-state index contributed by atoms with van der Waals surface area (Å²) >= 11 is 0. The monoisotopic (exact) mass is 249 g/mol. The van der Waals surface area contributed by atoms with Crippen molar-refractivity contribution in [3.05, 3.63) is 11.8 Å². The lowest BCUT2D eigenvalue weighted by Crippen LogP contribution is -2.31. The van der Waals surface area contributed by atoms with E-state index in [4.69, 9.17) is 9.84 Å². The van der Waals surface area contributed by atoms with Gasteiger partial charge in [0.05, 0.1) is 17.8 Å². The number of unbranched alkanes of at least 4 members (excludes halogenated alkanes) is 1. The molecule has 2 aliphatic heterocycles. The first-order chi connectivity index (χ1) is 8.88. The summed E-state index contributed by atoms with van der Waals surface area (Å²) in [5, 5.41) is 8.25. The average Bonchev–Trinajstić information content (AvgIpc) is 3.04. The van der Waals surface area contributed by atoms with Gasteiger partial charge in [-0.15, -0.1) is 0 Å². The van der Waals surface area contributed by atoms with E-state index in [1.165, 1.54) is 37.2 Å². The molecule has 0 spiro atoms. The molecular formula is C14H23N3O. The van der Waals surface area contributed by atoms with E-state index in [9.17, 15) is 0 Å². The summed E-state index contributed by atoms with van der Waals surface area (Å²) in [6, 6.07) is 2.66. The molecular weight excluding hydrogens is 226 g/mol. The van der Waals surface area contributed by atoms with Crippen LogP contribution >= 0.6 is 0 Å². The van der Waals surface area contributed by atoms with Crippen LogP contribution in [-0.4, -0.2) is 29.0 Å². The summed E-state index contributed by atoms with van der Waals surface area (Å²) in [7, 11) is 0. The largest absolute Gasteiger partial charge is 0.376 e. The normalized spacial score (nSPS) is 26.9. The molecule has 0 radical (unpaired) electrons. The summed E-state index contributed by atoms with van der Waals surface area (Å²) in [5.74, 6) is 1.19. The molecule has 0 amide bonds. The molecule has 0 saturated carbocycles. The predicted molar refractivity (Wildman–Crippen MR) is 72.0 cm³/mol. The van der Waals surface area contributed by atoms with Crippen LogP contribution in [0.15, 0.2) is 6.07 Å². The maximum atomic E-state index is 5.85. The van der Waals surface area contributed by atoms with Gasteiger partial charge in [0.25, 0.3) is 0 Å². The van der Waals surface area contributed by atoms with Gasteiger partial charge >= 0.3 is 0 Å². The molecule has 4 nitrogen and oxygen atoms in total. The molecule has 2 aliphatic rings. The van der Waals surface area contributed by atoms with E-state index in [0.29, 0.717) is 12.1 Å². The molecule has 1 aromatic heterocycles. The average molecular weight is 249 g/mol. The zero-order valence-electron chi connectivity index (χ0n) is 11.2. The second-order valence-electron chi connectivity index (χ2n) is 5.40. The Kier molecular flexibility index (Phi) is 3.55. The molecule has 1 fully saturated rings. The number of ether oxygens (including phenoxy) is 1. The third-order valence-corrected chi connectivity index (χ3v) is 4.03. The third kappa shape index (κ3) is 2.26. The van der Waals surface area contributed by atoms with Crippen molar-refractivity contribution in [2.24, 2.45) is 0 Å². The molecule has 18 heavy (non-hydrogen) atoms. The minimum absolute atomic E-state index is 0.379. The topological polar surface area (TPSA) is 39.1 Å². The highest BCUT2D eigenvalue weighted by atomic mass is 16.5. The van der Waals surface area contributed by atoms with Crippen molar-refractivity contribution >= 4 is 5.82 Å². The van der Waals surface area contributed by atoms with Gasteiger partial charge in [-0.2, -0.15) is 5.10 Å². The second kappa shape index (κ2) is 5.31. The van der Waals surface area contributed by atoms with Crippen LogP contribution in [0.25, 0.3) is 0 Å². The number of hydrogen-bond acceptors (Lipinski definition) is 3. The smallest absolute Gasteiger partial charge is 0.124 e. The molecule has 3 heterocycles. The Balaban J connectivity index is 1.78. The van der Waals surface area contributed by atoms with Gasteiger partial charge in [-0.05, 0) is 32.1 Å². The predicted octanol–water partition coefficient (Wildman–Crippen LogP) is 2.76. The lowest BCUT2D eigenvalue weighted by molar-refractivity contribution is 0.0590. The fourth-order valence-electron chi connectivity index (χ4n) is 3.03. The Morgan fingerprint density at radius 3 is 3.22 bits per heavy atom. The Morgan fingerprint density at radius 2 is 2.44 bits per heavy atom. The number of aromatic nitrogens is 2. The quantitative estimate of drug-likeness (QED) is 0.891. The zero-order chi connectivity index (χ0) is 12.4. The van der Waals surface area contributed by atoms with Gasteiger partial charge in [0.2, 0.25) is 0 Å². The van der Waals surface area contributed by atoms with Crippen LogP contribution in [0.4, 0.5) is 5.82 Å². The van der Waals surface area contributed by atoms with Gasteiger partial charge in [0, 0.05) is 19.2 Å². The highest BCUT2D eigenvalue weighted by Gasteiger charge is 2.31. The van der Waals surface area contributed by atoms with Gasteiger partial charge in [-0.3, -0.25) is 0 Å². The minimum atomic E-state index is 0.379. The van der Waals surface area contributed by atoms with Crippen molar-refractivity contribution in [3.8, 4) is 0 Å². The van der Waals surface area contributed by atoms with Crippen molar-refractivity contribution in [1.29, 1.82) is 0 Å². The Morgan fingerprint density at radius 1 is 1.50 bits per heavy atom. The van der Waals surface area contributed by atoms with Crippen molar-refractivity contribution < 1.29 is 4.74 Å². The molecule has 4 heteroatoms. The van der Waals surface area contributed by atoms with E-state index in [0.717, 1.165) is 26.0 Å². The van der Waals surface area contributed by atoms with Crippen molar-refractivity contribution in [2.75, 3.05) is 18.5 Å². The maximum Gasteiger partial charge on any atom is 0.124 e. The van der Waals surface area contributed by atoms with Crippen molar-refractivity contribution in [2.45, 2.75) is 57.6 Å². The second-order valence-corrected chi connectivity index (χ2v) is 5.40. The first-order valence-electron chi connectivity index (χ1n) is 7.32. The number of aryl methyl sites for hydroxylation is 1. The first kappa shape index (κ1) is 12.0. The van der Waals surface area contributed by atoms with E-state index in [1.54, 1.807) is 0 Å². The van der Waals surface area contributed by atoms with E-state index < -0.39 is 0 Å². The summed E-state index contributed by atoms with van der Waals surface area (Å²) < 4.78 is 8.04. The number of hydrogen-bond donors (Lipinski definition) is 1. The SMILES string of the molecule is CCCCc1cc2n(n1)C(C1CCCO1)CCN2. The van der Waals surface area contributed by atoms with Crippen molar-refractivity contribution in [1.82, 2.24) is 9.78 Å². The Labute approximate surface area is 109 Å². The van der Waals surface area contributed by atoms with Gasteiger partial charge in [-0.25, -0.2) is 4.68 Å². The first-order valence-corrected chi connectivity index (χ1v) is 7.32. The number of nitrogens with one attached hydrogen (secondary N) is 1. The van der Waals surface area contributed by atoms with Crippen LogP contribution in [0.3, 0.4) is 0 Å². The highest BCUT2D eigenvalue weighted by molar-refractivity contribution is 5.39. The third-order valence-electron chi connectivity index (χ3n) is 4.03. The summed E-state index contributed by atoms with van der Waals surface area (Å²) in [6.45, 7) is 4.20. The zero-order valence-corrected chi connectivity index (χ0v) is 11.2. The van der Waals surface area contributed by atoms with E-state index in [-0.39, 0.29) is 0 Å². The van der Waals surface area contributed by atoms with Crippen LogP contribution in [0.5, 0.6) is 0 Å². The van der Waals surface area contributed by atoms with E-state index >= 15 is 0 Å². The van der Waals surface area contributed by atoms with Gasteiger partial charge < -0.3 is 10.1 Å². The lowest BCUT2D eigenvalue weighted by Gasteiger charge is -2.29. The van der Waals surface area contributed by atoms with Gasteiger partial charge in [0.1, 0.15) is 5.82 Å². The van der Waals surface area contributed by atoms with Crippen molar-refractivity contribution in [3.63, 3.8) is 0 Å². The standard InChI is InChI=1S/C14H23N3O/c1-2-3-5-11-10-14-15-8-7-12(17(14)16-11)13-6-4-9-18-13/h10,12-13,15H,2-9H2,1H3. The number of nitrogens with zero attached hydrogens (tertiary/aromatic N) is 2. The van der Waals surface area contributed by atoms with Crippen LogP contribution in [0, 0.1) is 0 Å². The molecule has 2 unspecified atom stereocenters. The molecule has 100 valence electrons. The van der Waals surface area contributed by atoms with Crippen LogP contribution in [0.2, 0.25) is 0 Å². The summed E-state index contributed by atoms with van der Waals surface area (Å²) in [5.41, 5.74) is 1.23. The van der Waals surface area contributed by atoms with Gasteiger partial charge in [0.15, 0.2) is 0 Å². The highest BCUT2D eigenvalue weighted by Crippen LogP contribution is 2.32. The Bertz CT molecular complexity index is 396. The molecule has 0 bridgehead atoms. The number of fused-ring (bicyclic) bond motifs is 1. The molecule has 0 aromatic carbocycles. The summed E-state index contributed by atoms with van der Waals surface area (Å²) in [4.78, 5) is 0. The fourth-order valence-corrected chi connectivity index (χ4v) is 3.03. The fraction of sp³-hybridized carbons (Fsp3) is 0.786. The molecule has 2 atom stereocenters. The molecule has 1 saturated heterocycles. The number of rotatable bonds is 4. The summed E-state index contributed by atoms with van der Waals surface area (Å²) in [6.07, 6.45) is 7.45. The molecule has 3 rings (SSSR count). The molecule has 0 aliphatic carbocycles.